The average molecular weight is 399 g/mol. The number of aliphatic imine (C=N–C) groups is 1. The van der Waals surface area contributed by atoms with Crippen molar-refractivity contribution in [2.24, 2.45) is 4.99 Å². The normalized spacial score (nSPS) is 17.2. The molecule has 4 heteroatoms. The van der Waals surface area contributed by atoms with Gasteiger partial charge < -0.3 is 4.74 Å². The van der Waals surface area contributed by atoms with Crippen molar-refractivity contribution in [1.82, 2.24) is 4.98 Å². The standard InChI is InChI=1S/C25H22N2OS/c1-2-5-21-15-20(12-13-25(21)28-14-3-1)23-7-4-6-22(27-23)18-8-10-19(11-9-18)24-16-29-17-26-24/h2,5,7-13,15-17H,1,3-4,6,14H2/b5-2-. The van der Waals surface area contributed by atoms with E-state index in [1.807, 2.05) is 5.51 Å². The van der Waals surface area contributed by atoms with E-state index < -0.39 is 0 Å². The third-order valence-corrected chi connectivity index (χ3v) is 5.88. The van der Waals surface area contributed by atoms with Crippen molar-refractivity contribution in [2.45, 2.75) is 25.7 Å². The van der Waals surface area contributed by atoms with Crippen molar-refractivity contribution in [3.63, 3.8) is 0 Å². The second-order valence-electron chi connectivity index (χ2n) is 7.28. The Labute approximate surface area is 175 Å². The van der Waals surface area contributed by atoms with E-state index in [4.69, 9.17) is 9.73 Å². The summed E-state index contributed by atoms with van der Waals surface area (Å²) >= 11 is 1.62. The molecule has 5 rings (SSSR count). The summed E-state index contributed by atoms with van der Waals surface area (Å²) in [5.74, 6) is 0.961. The summed E-state index contributed by atoms with van der Waals surface area (Å²) in [6.45, 7) is 0.776. The highest BCUT2D eigenvalue weighted by atomic mass is 32.1. The Kier molecular flexibility index (Phi) is 5.10. The van der Waals surface area contributed by atoms with Gasteiger partial charge in [0.25, 0.3) is 0 Å². The van der Waals surface area contributed by atoms with Crippen LogP contribution in [0.15, 0.2) is 70.5 Å². The molecule has 0 bridgehead atoms. The molecule has 3 aromatic rings. The van der Waals surface area contributed by atoms with Crippen molar-refractivity contribution in [2.75, 3.05) is 6.61 Å². The van der Waals surface area contributed by atoms with Crippen LogP contribution in [0.3, 0.4) is 0 Å². The summed E-state index contributed by atoms with van der Waals surface area (Å²) in [4.78, 5) is 9.40. The highest BCUT2D eigenvalue weighted by Gasteiger charge is 2.13. The molecule has 0 radical (unpaired) electrons. The predicted molar refractivity (Wildman–Crippen MR) is 122 cm³/mol. The van der Waals surface area contributed by atoms with Crippen LogP contribution in [0.4, 0.5) is 0 Å². The molecule has 0 atom stereocenters. The van der Waals surface area contributed by atoms with Crippen molar-refractivity contribution < 1.29 is 4.74 Å². The topological polar surface area (TPSA) is 34.5 Å². The number of nitrogens with zero attached hydrogens (tertiary/aromatic N) is 2. The van der Waals surface area contributed by atoms with Crippen LogP contribution in [0.1, 0.15) is 42.4 Å². The lowest BCUT2D eigenvalue weighted by Crippen LogP contribution is -2.05. The van der Waals surface area contributed by atoms with Gasteiger partial charge in [-0.2, -0.15) is 0 Å². The van der Waals surface area contributed by atoms with Crippen molar-refractivity contribution in [1.29, 1.82) is 0 Å². The first-order valence-corrected chi connectivity index (χ1v) is 11.0. The van der Waals surface area contributed by atoms with Crippen LogP contribution < -0.4 is 4.74 Å². The molecule has 0 amide bonds. The Balaban J connectivity index is 1.42. The van der Waals surface area contributed by atoms with E-state index in [-0.39, 0.29) is 0 Å². The quantitative estimate of drug-likeness (QED) is 0.497. The zero-order valence-corrected chi connectivity index (χ0v) is 17.0. The third kappa shape index (κ3) is 3.94. The molecule has 0 aliphatic carbocycles. The van der Waals surface area contributed by atoms with Gasteiger partial charge in [0, 0.05) is 27.8 Å². The maximum absolute atomic E-state index is 5.89. The van der Waals surface area contributed by atoms with Crippen molar-refractivity contribution in [3.05, 3.63) is 82.2 Å². The van der Waals surface area contributed by atoms with E-state index in [2.05, 4.69) is 71.1 Å². The van der Waals surface area contributed by atoms with Gasteiger partial charge in [-0.05, 0) is 49.4 Å². The number of fused-ring (bicyclic) bond motifs is 1. The number of rotatable bonds is 3. The van der Waals surface area contributed by atoms with Crippen LogP contribution in [-0.4, -0.2) is 17.3 Å². The summed E-state index contributed by atoms with van der Waals surface area (Å²) in [6.07, 6.45) is 10.7. The summed E-state index contributed by atoms with van der Waals surface area (Å²) in [5.41, 5.74) is 9.71. The molecule has 0 unspecified atom stereocenters. The lowest BCUT2D eigenvalue weighted by molar-refractivity contribution is 0.310. The van der Waals surface area contributed by atoms with Gasteiger partial charge in [-0.15, -0.1) is 11.3 Å². The fourth-order valence-electron chi connectivity index (χ4n) is 3.74. The van der Waals surface area contributed by atoms with E-state index in [9.17, 15) is 0 Å². The van der Waals surface area contributed by atoms with Gasteiger partial charge in [-0.1, -0.05) is 42.5 Å². The zero-order valence-electron chi connectivity index (χ0n) is 16.2. The molecule has 2 aromatic carbocycles. The molecule has 0 saturated heterocycles. The molecule has 29 heavy (non-hydrogen) atoms. The third-order valence-electron chi connectivity index (χ3n) is 5.30. The second-order valence-corrected chi connectivity index (χ2v) is 8.00. The Morgan fingerprint density at radius 1 is 0.931 bits per heavy atom. The summed E-state index contributed by atoms with van der Waals surface area (Å²) in [7, 11) is 0. The number of hydrogen-bond acceptors (Lipinski definition) is 4. The predicted octanol–water partition coefficient (Wildman–Crippen LogP) is 6.62. The number of aromatic nitrogens is 1. The van der Waals surface area contributed by atoms with Gasteiger partial charge >= 0.3 is 0 Å². The maximum Gasteiger partial charge on any atom is 0.126 e. The first kappa shape index (κ1) is 18.1. The SMILES string of the molecule is C1=C(c2ccc3c(c2)/C=C\CCCO3)N=C(c2ccc(-c3cscn3)cc2)CC1. The van der Waals surface area contributed by atoms with Gasteiger partial charge in [-0.25, -0.2) is 4.98 Å². The largest absolute Gasteiger partial charge is 0.493 e. The van der Waals surface area contributed by atoms with Gasteiger partial charge in [0.1, 0.15) is 5.75 Å². The molecule has 1 aromatic heterocycles. The fraction of sp³-hybridized carbons (Fsp3) is 0.200. The summed E-state index contributed by atoms with van der Waals surface area (Å²) in [5, 5.41) is 2.08. The molecular weight excluding hydrogens is 376 g/mol. The van der Waals surface area contributed by atoms with Gasteiger partial charge in [-0.3, -0.25) is 4.99 Å². The lowest BCUT2D eigenvalue weighted by atomic mass is 9.98. The van der Waals surface area contributed by atoms with Crippen LogP contribution in [0.5, 0.6) is 5.75 Å². The number of thiazole rings is 1. The van der Waals surface area contributed by atoms with E-state index in [0.29, 0.717) is 0 Å². The van der Waals surface area contributed by atoms with Crippen LogP contribution in [0.25, 0.3) is 23.0 Å². The second kappa shape index (κ2) is 8.18. The molecule has 0 saturated carbocycles. The molecule has 3 heterocycles. The number of hydrogen-bond donors (Lipinski definition) is 0. The molecule has 144 valence electrons. The lowest BCUT2D eigenvalue weighted by Gasteiger charge is -2.16. The minimum absolute atomic E-state index is 0.776. The first-order valence-electron chi connectivity index (χ1n) is 10.1. The van der Waals surface area contributed by atoms with E-state index >= 15 is 0 Å². The Morgan fingerprint density at radius 3 is 2.66 bits per heavy atom. The van der Waals surface area contributed by atoms with E-state index in [1.165, 1.54) is 5.56 Å². The maximum atomic E-state index is 5.89. The number of benzene rings is 2. The van der Waals surface area contributed by atoms with Crippen molar-refractivity contribution >= 4 is 28.8 Å². The smallest absolute Gasteiger partial charge is 0.126 e. The van der Waals surface area contributed by atoms with Crippen molar-refractivity contribution in [3.8, 4) is 17.0 Å². The van der Waals surface area contributed by atoms with Gasteiger partial charge in [0.2, 0.25) is 0 Å². The summed E-state index contributed by atoms with van der Waals surface area (Å²) in [6, 6.07) is 15.0. The van der Waals surface area contributed by atoms with Crippen LogP contribution in [0, 0.1) is 0 Å². The number of ether oxygens (including phenoxy) is 1. The van der Waals surface area contributed by atoms with E-state index in [1.54, 1.807) is 11.3 Å². The fourth-order valence-corrected chi connectivity index (χ4v) is 4.30. The van der Waals surface area contributed by atoms with Gasteiger partial charge in [0.15, 0.2) is 0 Å². The van der Waals surface area contributed by atoms with Crippen LogP contribution in [-0.2, 0) is 0 Å². The Morgan fingerprint density at radius 2 is 1.79 bits per heavy atom. The van der Waals surface area contributed by atoms with E-state index in [0.717, 1.165) is 71.8 Å². The molecule has 3 nitrogen and oxygen atoms in total. The molecule has 0 N–H and O–H groups in total. The Hall–Kier alpha value is -2.98. The molecule has 2 aliphatic heterocycles. The molecule has 0 fully saturated rings. The summed E-state index contributed by atoms with van der Waals surface area (Å²) < 4.78 is 5.89. The van der Waals surface area contributed by atoms with Crippen LogP contribution >= 0.6 is 11.3 Å². The minimum Gasteiger partial charge on any atom is -0.493 e. The first-order chi connectivity index (χ1) is 14.4. The highest BCUT2D eigenvalue weighted by molar-refractivity contribution is 7.07. The minimum atomic E-state index is 0.776. The molecule has 2 aliphatic rings. The van der Waals surface area contributed by atoms with Crippen LogP contribution in [0.2, 0.25) is 0 Å². The highest BCUT2D eigenvalue weighted by Crippen LogP contribution is 2.30. The average Bonchev–Trinajstić information content (AvgIpc) is 3.29. The monoisotopic (exact) mass is 398 g/mol. The Bertz CT molecular complexity index is 1090. The number of allylic oxidation sites excluding steroid dienone is 2. The van der Waals surface area contributed by atoms with Gasteiger partial charge in [0.05, 0.1) is 23.5 Å². The molecule has 0 spiro atoms. The molecular formula is C25H22N2OS. The zero-order chi connectivity index (χ0) is 19.5.